The molecule has 1 aromatic carbocycles. The van der Waals surface area contributed by atoms with Crippen LogP contribution in [0.2, 0.25) is 5.02 Å². The minimum absolute atomic E-state index is 0.0326. The lowest BCUT2D eigenvalue weighted by molar-refractivity contribution is -0.139. The van der Waals surface area contributed by atoms with Gasteiger partial charge < -0.3 is 10.0 Å². The van der Waals surface area contributed by atoms with Crippen molar-refractivity contribution in [2.45, 2.75) is 36.3 Å². The molecule has 1 spiro atoms. The molecule has 1 aliphatic carbocycles. The first kappa shape index (κ1) is 16.7. The van der Waals surface area contributed by atoms with Gasteiger partial charge in [-0.05, 0) is 55.9 Å². The van der Waals surface area contributed by atoms with Gasteiger partial charge in [-0.3, -0.25) is 9.59 Å². The SMILES string of the molecule is CC(Sc1ccc(Cl)cc1)C(=O)N1CCC2(CC1)CC2C(=O)O. The predicted octanol–water partition coefficient (Wildman–Crippen LogP) is 3.53. The van der Waals surface area contributed by atoms with Crippen molar-refractivity contribution in [3.8, 4) is 0 Å². The van der Waals surface area contributed by atoms with Crippen LogP contribution in [-0.4, -0.2) is 40.2 Å². The van der Waals surface area contributed by atoms with Crippen LogP contribution < -0.4 is 0 Å². The van der Waals surface area contributed by atoms with Gasteiger partial charge in [-0.2, -0.15) is 0 Å². The number of halogens is 1. The van der Waals surface area contributed by atoms with Gasteiger partial charge in [0.1, 0.15) is 0 Å². The normalized spacial score (nSPS) is 23.6. The third-order valence-corrected chi connectivity index (χ3v) is 6.38. The molecule has 6 heteroatoms. The monoisotopic (exact) mass is 353 g/mol. The number of benzene rings is 1. The average Bonchev–Trinajstić information content (AvgIpc) is 3.24. The first-order valence-corrected chi connectivity index (χ1v) is 9.11. The second-order valence-corrected chi connectivity index (χ2v) is 8.35. The quantitative estimate of drug-likeness (QED) is 0.841. The summed E-state index contributed by atoms with van der Waals surface area (Å²) in [5.74, 6) is -0.746. The van der Waals surface area contributed by atoms with E-state index < -0.39 is 5.97 Å². The third-order valence-electron chi connectivity index (χ3n) is 5.03. The Morgan fingerprint density at radius 2 is 1.91 bits per heavy atom. The maximum absolute atomic E-state index is 12.6. The number of carboxylic acids is 1. The van der Waals surface area contributed by atoms with Crippen molar-refractivity contribution < 1.29 is 14.7 Å². The molecule has 1 saturated heterocycles. The highest BCUT2D eigenvalue weighted by Gasteiger charge is 2.59. The van der Waals surface area contributed by atoms with E-state index in [1.807, 2.05) is 36.1 Å². The van der Waals surface area contributed by atoms with Crippen LogP contribution >= 0.6 is 23.4 Å². The number of rotatable bonds is 4. The lowest BCUT2D eigenvalue weighted by atomic mass is 9.90. The van der Waals surface area contributed by atoms with Gasteiger partial charge in [0.05, 0.1) is 11.2 Å². The molecular formula is C17H20ClNO3S. The molecule has 1 amide bonds. The number of likely N-dealkylation sites (tertiary alicyclic amines) is 1. The fraction of sp³-hybridized carbons (Fsp3) is 0.529. The third kappa shape index (κ3) is 3.50. The zero-order valence-electron chi connectivity index (χ0n) is 13.0. The van der Waals surface area contributed by atoms with Crippen molar-refractivity contribution in [2.24, 2.45) is 11.3 Å². The smallest absolute Gasteiger partial charge is 0.307 e. The van der Waals surface area contributed by atoms with Crippen LogP contribution in [0, 0.1) is 11.3 Å². The van der Waals surface area contributed by atoms with Crippen molar-refractivity contribution in [1.82, 2.24) is 4.90 Å². The van der Waals surface area contributed by atoms with Crippen LogP contribution in [0.3, 0.4) is 0 Å². The molecule has 0 bridgehead atoms. The number of aliphatic carboxylic acids is 1. The molecule has 2 fully saturated rings. The molecule has 2 unspecified atom stereocenters. The Hall–Kier alpha value is -1.20. The summed E-state index contributed by atoms with van der Waals surface area (Å²) in [4.78, 5) is 26.6. The highest BCUT2D eigenvalue weighted by atomic mass is 35.5. The van der Waals surface area contributed by atoms with Crippen molar-refractivity contribution in [1.29, 1.82) is 0 Å². The van der Waals surface area contributed by atoms with E-state index in [0.717, 1.165) is 24.2 Å². The van der Waals surface area contributed by atoms with Crippen LogP contribution in [0.4, 0.5) is 0 Å². The Morgan fingerprint density at radius 3 is 2.43 bits per heavy atom. The van der Waals surface area contributed by atoms with Gasteiger partial charge in [-0.15, -0.1) is 11.8 Å². The van der Waals surface area contributed by atoms with E-state index in [0.29, 0.717) is 18.1 Å². The molecule has 3 rings (SSSR count). The van der Waals surface area contributed by atoms with Crippen molar-refractivity contribution in [2.75, 3.05) is 13.1 Å². The van der Waals surface area contributed by atoms with Crippen molar-refractivity contribution >= 4 is 35.2 Å². The number of carboxylic acid groups (broad SMARTS) is 1. The Morgan fingerprint density at radius 1 is 1.30 bits per heavy atom. The highest BCUT2D eigenvalue weighted by Crippen LogP contribution is 2.59. The maximum atomic E-state index is 12.6. The fourth-order valence-corrected chi connectivity index (χ4v) is 4.52. The average molecular weight is 354 g/mol. The summed E-state index contributed by atoms with van der Waals surface area (Å²) in [5.41, 5.74) is -0.0326. The summed E-state index contributed by atoms with van der Waals surface area (Å²) in [5, 5.41) is 9.66. The van der Waals surface area contributed by atoms with Crippen LogP contribution in [0.1, 0.15) is 26.2 Å². The maximum Gasteiger partial charge on any atom is 0.307 e. The Bertz CT molecular complexity index is 611. The molecule has 2 atom stereocenters. The van der Waals surface area contributed by atoms with E-state index in [1.54, 1.807) is 0 Å². The summed E-state index contributed by atoms with van der Waals surface area (Å²) in [7, 11) is 0. The van der Waals surface area contributed by atoms with Gasteiger partial charge in [0.2, 0.25) is 5.91 Å². The van der Waals surface area contributed by atoms with E-state index in [9.17, 15) is 9.59 Å². The Balaban J connectivity index is 1.53. The fourth-order valence-electron chi connectivity index (χ4n) is 3.45. The molecule has 0 radical (unpaired) electrons. The number of piperidine rings is 1. The highest BCUT2D eigenvalue weighted by molar-refractivity contribution is 8.00. The van der Waals surface area contributed by atoms with Crippen LogP contribution in [0.15, 0.2) is 29.2 Å². The van der Waals surface area contributed by atoms with Gasteiger partial charge in [0, 0.05) is 23.0 Å². The molecule has 4 nitrogen and oxygen atoms in total. The molecule has 124 valence electrons. The number of nitrogens with zero attached hydrogens (tertiary/aromatic N) is 1. The zero-order chi connectivity index (χ0) is 16.6. The largest absolute Gasteiger partial charge is 0.481 e. The lowest BCUT2D eigenvalue weighted by Crippen LogP contribution is -2.43. The number of hydrogen-bond acceptors (Lipinski definition) is 3. The molecule has 1 aromatic rings. The van der Waals surface area contributed by atoms with Crippen LogP contribution in [0.25, 0.3) is 0 Å². The summed E-state index contributed by atoms with van der Waals surface area (Å²) in [6.45, 7) is 3.27. The molecule has 1 N–H and O–H groups in total. The van der Waals surface area contributed by atoms with Crippen LogP contribution in [-0.2, 0) is 9.59 Å². The summed E-state index contributed by atoms with van der Waals surface area (Å²) in [6, 6.07) is 7.49. The summed E-state index contributed by atoms with van der Waals surface area (Å²) < 4.78 is 0. The number of hydrogen-bond donors (Lipinski definition) is 1. The second kappa shape index (κ2) is 6.36. The van der Waals surface area contributed by atoms with Crippen molar-refractivity contribution in [3.63, 3.8) is 0 Å². The first-order chi connectivity index (χ1) is 10.9. The van der Waals surface area contributed by atoms with E-state index in [2.05, 4.69) is 0 Å². The minimum Gasteiger partial charge on any atom is -0.481 e. The Kier molecular flexibility index (Phi) is 4.61. The van der Waals surface area contributed by atoms with E-state index in [1.165, 1.54) is 11.8 Å². The summed E-state index contributed by atoms with van der Waals surface area (Å²) in [6.07, 6.45) is 2.40. The van der Waals surface area contributed by atoms with Crippen molar-refractivity contribution in [3.05, 3.63) is 29.3 Å². The minimum atomic E-state index is -0.684. The van der Waals surface area contributed by atoms with Gasteiger partial charge in [-0.1, -0.05) is 11.6 Å². The molecule has 1 heterocycles. The van der Waals surface area contributed by atoms with Gasteiger partial charge in [-0.25, -0.2) is 0 Å². The topological polar surface area (TPSA) is 57.6 Å². The molecule has 1 aliphatic heterocycles. The predicted molar refractivity (Wildman–Crippen MR) is 90.8 cm³/mol. The molecule has 0 aromatic heterocycles. The second-order valence-electron chi connectivity index (χ2n) is 6.50. The molecule has 1 saturated carbocycles. The standard InChI is InChI=1S/C17H20ClNO3S/c1-11(23-13-4-2-12(18)3-5-13)15(20)19-8-6-17(7-9-19)10-14(17)16(21)22/h2-5,11,14H,6-10H2,1H3,(H,21,22). The number of carbonyl (C=O) groups excluding carboxylic acids is 1. The molecule has 23 heavy (non-hydrogen) atoms. The van der Waals surface area contributed by atoms with E-state index in [-0.39, 0.29) is 22.5 Å². The number of amides is 1. The van der Waals surface area contributed by atoms with E-state index in [4.69, 9.17) is 16.7 Å². The van der Waals surface area contributed by atoms with Gasteiger partial charge in [0.25, 0.3) is 0 Å². The number of carbonyl (C=O) groups is 2. The Labute approximate surface area is 145 Å². The van der Waals surface area contributed by atoms with Crippen LogP contribution in [0.5, 0.6) is 0 Å². The van der Waals surface area contributed by atoms with E-state index >= 15 is 0 Å². The summed E-state index contributed by atoms with van der Waals surface area (Å²) >= 11 is 7.40. The number of thioether (sulfide) groups is 1. The zero-order valence-corrected chi connectivity index (χ0v) is 14.6. The first-order valence-electron chi connectivity index (χ1n) is 7.85. The van der Waals surface area contributed by atoms with Gasteiger partial charge >= 0.3 is 5.97 Å². The lowest BCUT2D eigenvalue weighted by Gasteiger charge is -2.34. The molecule has 2 aliphatic rings. The van der Waals surface area contributed by atoms with Gasteiger partial charge in [0.15, 0.2) is 0 Å². The molecular weight excluding hydrogens is 334 g/mol.